The van der Waals surface area contributed by atoms with E-state index >= 15 is 0 Å². The van der Waals surface area contributed by atoms with Crippen LogP contribution in [0.2, 0.25) is 0 Å². The van der Waals surface area contributed by atoms with Crippen molar-refractivity contribution < 1.29 is 13.9 Å². The predicted octanol–water partition coefficient (Wildman–Crippen LogP) is 5.47. The van der Waals surface area contributed by atoms with Gasteiger partial charge in [0.2, 0.25) is 5.88 Å². The second kappa shape index (κ2) is 11.1. The minimum absolute atomic E-state index is 0.114. The lowest BCUT2D eigenvalue weighted by atomic mass is 10.0. The molecule has 0 aliphatic carbocycles. The van der Waals surface area contributed by atoms with Gasteiger partial charge in [0.25, 0.3) is 5.91 Å². The second-order valence-electron chi connectivity index (χ2n) is 8.86. The third kappa shape index (κ3) is 6.12. The number of hydrogen-bond acceptors (Lipinski definition) is 5. The highest BCUT2D eigenvalue weighted by Gasteiger charge is 2.21. The first-order valence-electron chi connectivity index (χ1n) is 12.1. The minimum Gasteiger partial charge on any atom is -0.439 e. The summed E-state index contributed by atoms with van der Waals surface area (Å²) in [5.41, 5.74) is 2.53. The maximum atomic E-state index is 13.2. The summed E-state index contributed by atoms with van der Waals surface area (Å²) in [6.45, 7) is 2.84. The van der Waals surface area contributed by atoms with Gasteiger partial charge in [0.05, 0.1) is 0 Å². The summed E-state index contributed by atoms with van der Waals surface area (Å²) in [5.74, 6) is 0.840. The van der Waals surface area contributed by atoms with Crippen molar-refractivity contribution in [3.05, 3.63) is 108 Å². The Morgan fingerprint density at radius 1 is 0.972 bits per heavy atom. The predicted molar refractivity (Wildman–Crippen MR) is 136 cm³/mol. The Hall–Kier alpha value is -4.10. The zero-order chi connectivity index (χ0) is 24.7. The van der Waals surface area contributed by atoms with E-state index in [1.165, 1.54) is 17.7 Å². The number of likely N-dealkylation sites (tertiary alicyclic amines) is 1. The molecule has 4 aromatic rings. The van der Waals surface area contributed by atoms with Gasteiger partial charge in [-0.15, -0.1) is 0 Å². The molecule has 1 aliphatic rings. The Kier molecular flexibility index (Phi) is 7.28. The summed E-state index contributed by atoms with van der Waals surface area (Å²) >= 11 is 0. The lowest BCUT2D eigenvalue weighted by molar-refractivity contribution is 0.0908. The molecule has 7 heteroatoms. The number of piperidine rings is 1. The maximum Gasteiger partial charge on any atom is 0.251 e. The molecule has 0 radical (unpaired) electrons. The summed E-state index contributed by atoms with van der Waals surface area (Å²) in [4.78, 5) is 24.0. The van der Waals surface area contributed by atoms with Crippen LogP contribution in [0.4, 0.5) is 4.39 Å². The van der Waals surface area contributed by atoms with E-state index in [1.54, 1.807) is 48.7 Å². The number of aromatic nitrogens is 2. The van der Waals surface area contributed by atoms with Crippen LogP contribution in [0.25, 0.3) is 11.4 Å². The molecule has 1 aliphatic heterocycles. The van der Waals surface area contributed by atoms with E-state index < -0.39 is 0 Å². The quantitative estimate of drug-likeness (QED) is 0.378. The number of benzene rings is 3. The lowest BCUT2D eigenvalue weighted by Gasteiger charge is -2.32. The summed E-state index contributed by atoms with van der Waals surface area (Å²) < 4.78 is 19.1. The lowest BCUT2D eigenvalue weighted by Crippen LogP contribution is -2.44. The van der Waals surface area contributed by atoms with E-state index in [2.05, 4.69) is 44.5 Å². The van der Waals surface area contributed by atoms with Gasteiger partial charge >= 0.3 is 0 Å². The molecule has 1 saturated heterocycles. The standard InChI is InChI=1S/C29H27FN4O2/c30-24-11-9-22(10-12-24)28-31-16-13-27(33-28)36-26-8-4-7-23(19-26)29(35)32-25-14-17-34(18-15-25)20-21-5-2-1-3-6-21/h1-13,16,19,25H,14-15,17-18,20H2,(H,32,35). The SMILES string of the molecule is O=C(NC1CCN(Cc2ccccc2)CC1)c1cccc(Oc2ccnc(-c3ccc(F)cc3)n2)c1. The number of nitrogens with zero attached hydrogens (tertiary/aromatic N) is 3. The van der Waals surface area contributed by atoms with Crippen LogP contribution in [0.1, 0.15) is 28.8 Å². The molecule has 0 spiro atoms. The molecule has 36 heavy (non-hydrogen) atoms. The Balaban J connectivity index is 1.17. The van der Waals surface area contributed by atoms with Crippen molar-refractivity contribution in [3.8, 4) is 23.0 Å². The smallest absolute Gasteiger partial charge is 0.251 e. The van der Waals surface area contributed by atoms with E-state index in [0.717, 1.165) is 32.5 Å². The molecule has 0 atom stereocenters. The van der Waals surface area contributed by atoms with Crippen LogP contribution in [0.3, 0.4) is 0 Å². The maximum absolute atomic E-state index is 13.2. The third-order valence-electron chi connectivity index (χ3n) is 6.22. The molecule has 1 aromatic heterocycles. The first-order chi connectivity index (χ1) is 17.6. The first kappa shape index (κ1) is 23.6. The molecule has 1 fully saturated rings. The van der Waals surface area contributed by atoms with Gasteiger partial charge in [-0.3, -0.25) is 9.69 Å². The number of carbonyl (C=O) groups is 1. The van der Waals surface area contributed by atoms with Gasteiger partial charge in [0.1, 0.15) is 11.6 Å². The van der Waals surface area contributed by atoms with Crippen molar-refractivity contribution in [2.75, 3.05) is 13.1 Å². The fourth-order valence-electron chi connectivity index (χ4n) is 4.30. The monoisotopic (exact) mass is 482 g/mol. The Morgan fingerprint density at radius 2 is 1.75 bits per heavy atom. The second-order valence-corrected chi connectivity index (χ2v) is 8.86. The molecular formula is C29H27FN4O2. The van der Waals surface area contributed by atoms with E-state index in [0.29, 0.717) is 28.6 Å². The Bertz CT molecular complexity index is 1310. The molecule has 182 valence electrons. The van der Waals surface area contributed by atoms with Crippen LogP contribution >= 0.6 is 0 Å². The third-order valence-corrected chi connectivity index (χ3v) is 6.22. The van der Waals surface area contributed by atoms with Crippen molar-refractivity contribution in [2.24, 2.45) is 0 Å². The molecule has 5 rings (SSSR count). The summed E-state index contributed by atoms with van der Waals surface area (Å²) in [6, 6.07) is 25.2. The number of hydrogen-bond donors (Lipinski definition) is 1. The molecule has 3 aromatic carbocycles. The van der Waals surface area contributed by atoms with Crippen molar-refractivity contribution in [2.45, 2.75) is 25.4 Å². The number of carbonyl (C=O) groups excluding carboxylic acids is 1. The summed E-state index contributed by atoms with van der Waals surface area (Å²) in [6.07, 6.45) is 3.42. The van der Waals surface area contributed by atoms with E-state index in [1.807, 2.05) is 6.07 Å². The van der Waals surface area contributed by atoms with Gasteiger partial charge in [-0.05, 0) is 60.9 Å². The van der Waals surface area contributed by atoms with Crippen molar-refractivity contribution in [1.82, 2.24) is 20.2 Å². The normalized spacial score (nSPS) is 14.4. The highest BCUT2D eigenvalue weighted by Crippen LogP contribution is 2.23. The molecule has 0 saturated carbocycles. The van der Waals surface area contributed by atoms with Crippen LogP contribution in [0.5, 0.6) is 11.6 Å². The largest absolute Gasteiger partial charge is 0.439 e. The number of halogens is 1. The molecule has 0 bridgehead atoms. The van der Waals surface area contributed by atoms with Gasteiger partial charge in [0, 0.05) is 49.1 Å². The molecular weight excluding hydrogens is 455 g/mol. The average molecular weight is 483 g/mol. The highest BCUT2D eigenvalue weighted by molar-refractivity contribution is 5.94. The number of rotatable bonds is 7. The zero-order valence-corrected chi connectivity index (χ0v) is 19.8. The summed E-state index contributed by atoms with van der Waals surface area (Å²) in [5, 5.41) is 3.17. The number of ether oxygens (including phenoxy) is 1. The number of nitrogens with one attached hydrogen (secondary N) is 1. The van der Waals surface area contributed by atoms with Gasteiger partial charge in [0.15, 0.2) is 5.82 Å². The first-order valence-corrected chi connectivity index (χ1v) is 12.1. The average Bonchev–Trinajstić information content (AvgIpc) is 2.91. The molecule has 1 N–H and O–H groups in total. The van der Waals surface area contributed by atoms with Gasteiger partial charge in [-0.1, -0.05) is 36.4 Å². The summed E-state index contributed by atoms with van der Waals surface area (Å²) in [7, 11) is 0. The van der Waals surface area contributed by atoms with Crippen molar-refractivity contribution in [1.29, 1.82) is 0 Å². The van der Waals surface area contributed by atoms with Crippen LogP contribution < -0.4 is 10.1 Å². The minimum atomic E-state index is -0.320. The fourth-order valence-corrected chi connectivity index (χ4v) is 4.30. The van der Waals surface area contributed by atoms with Gasteiger partial charge in [-0.2, -0.15) is 4.98 Å². The molecule has 0 unspecified atom stereocenters. The van der Waals surface area contributed by atoms with E-state index in [9.17, 15) is 9.18 Å². The topological polar surface area (TPSA) is 67.4 Å². The van der Waals surface area contributed by atoms with Crippen LogP contribution in [-0.4, -0.2) is 39.9 Å². The van der Waals surface area contributed by atoms with E-state index in [4.69, 9.17) is 4.74 Å². The fraction of sp³-hybridized carbons (Fsp3) is 0.207. The molecule has 6 nitrogen and oxygen atoms in total. The van der Waals surface area contributed by atoms with Crippen LogP contribution in [-0.2, 0) is 6.54 Å². The van der Waals surface area contributed by atoms with Gasteiger partial charge in [-0.25, -0.2) is 9.37 Å². The van der Waals surface area contributed by atoms with Gasteiger partial charge < -0.3 is 10.1 Å². The van der Waals surface area contributed by atoms with Crippen molar-refractivity contribution >= 4 is 5.91 Å². The Morgan fingerprint density at radius 3 is 2.53 bits per heavy atom. The van der Waals surface area contributed by atoms with Crippen LogP contribution in [0.15, 0.2) is 91.1 Å². The molecule has 1 amide bonds. The number of amides is 1. The molecule has 2 heterocycles. The Labute approximate surface area is 209 Å². The zero-order valence-electron chi connectivity index (χ0n) is 19.8. The van der Waals surface area contributed by atoms with Crippen LogP contribution in [0, 0.1) is 5.82 Å². The van der Waals surface area contributed by atoms with E-state index in [-0.39, 0.29) is 17.8 Å². The van der Waals surface area contributed by atoms with Crippen molar-refractivity contribution in [3.63, 3.8) is 0 Å². The highest BCUT2D eigenvalue weighted by atomic mass is 19.1.